The van der Waals surface area contributed by atoms with Gasteiger partial charge in [0.15, 0.2) is 0 Å². The van der Waals surface area contributed by atoms with E-state index in [0.29, 0.717) is 0 Å². The van der Waals surface area contributed by atoms with Gasteiger partial charge in [0.05, 0.1) is 0 Å². The first kappa shape index (κ1) is 7.86. The molecule has 0 aromatic heterocycles. The summed E-state index contributed by atoms with van der Waals surface area (Å²) in [5, 5.41) is 3.02. The molecule has 0 saturated carbocycles. The molecule has 0 unspecified atom stereocenters. The summed E-state index contributed by atoms with van der Waals surface area (Å²) in [5.74, 6) is 0. The molecule has 0 aliphatic heterocycles. The van der Waals surface area contributed by atoms with Crippen molar-refractivity contribution in [2.24, 2.45) is 0 Å². The van der Waals surface area contributed by atoms with Crippen LogP contribution >= 0.6 is 0 Å². The van der Waals surface area contributed by atoms with Crippen LogP contribution in [-0.4, -0.2) is 7.05 Å². The number of rotatable bonds is 3. The highest BCUT2D eigenvalue weighted by atomic mass is 14.8. The van der Waals surface area contributed by atoms with Gasteiger partial charge in [0.25, 0.3) is 0 Å². The summed E-state index contributed by atoms with van der Waals surface area (Å²) in [6.07, 6.45) is 0.914. The van der Waals surface area contributed by atoms with Crippen molar-refractivity contribution in [1.82, 2.24) is 5.32 Å². The molecule has 1 rings (SSSR count). The van der Waals surface area contributed by atoms with E-state index >= 15 is 0 Å². The molecule has 0 radical (unpaired) electrons. The van der Waals surface area contributed by atoms with Crippen molar-refractivity contribution in [3.63, 3.8) is 0 Å². The Morgan fingerprint density at radius 1 is 1.36 bits per heavy atom. The van der Waals surface area contributed by atoms with Crippen LogP contribution < -0.4 is 5.32 Å². The fourth-order valence-corrected chi connectivity index (χ4v) is 0.931. The third-order valence-corrected chi connectivity index (χ3v) is 1.61. The van der Waals surface area contributed by atoms with Crippen molar-refractivity contribution in [1.29, 1.82) is 0 Å². The molecule has 0 spiro atoms. The number of likely N-dealkylation sites (N-methyl/N-ethyl adjacent to an activating group) is 1. The Morgan fingerprint density at radius 2 is 2.00 bits per heavy atom. The summed E-state index contributed by atoms with van der Waals surface area (Å²) >= 11 is 0. The van der Waals surface area contributed by atoms with E-state index in [-0.39, 0.29) is 0 Å². The van der Waals surface area contributed by atoms with E-state index in [1.807, 2.05) is 25.2 Å². The number of allylic oxidation sites excluding steroid dienone is 1. The van der Waals surface area contributed by atoms with Crippen molar-refractivity contribution in [3.05, 3.63) is 48.2 Å². The van der Waals surface area contributed by atoms with Gasteiger partial charge < -0.3 is 5.32 Å². The van der Waals surface area contributed by atoms with Crippen molar-refractivity contribution >= 4 is 0 Å². The summed E-state index contributed by atoms with van der Waals surface area (Å²) < 4.78 is 0. The minimum atomic E-state index is 0.914. The van der Waals surface area contributed by atoms with E-state index in [9.17, 15) is 0 Å². The fraction of sp³-hybridized carbons (Fsp3) is 0.200. The number of hydrogen-bond acceptors (Lipinski definition) is 1. The zero-order valence-electron chi connectivity index (χ0n) is 6.80. The molecule has 0 atom stereocenters. The molecule has 0 bridgehead atoms. The first-order chi connectivity index (χ1) is 5.33. The van der Waals surface area contributed by atoms with E-state index in [0.717, 1.165) is 12.1 Å². The highest BCUT2D eigenvalue weighted by Crippen LogP contribution is 2.02. The molecule has 1 aromatic rings. The van der Waals surface area contributed by atoms with Crippen LogP contribution in [0.3, 0.4) is 0 Å². The molecule has 0 amide bonds. The lowest BCUT2D eigenvalue weighted by Crippen LogP contribution is -2.06. The fourth-order valence-electron chi connectivity index (χ4n) is 0.931. The third kappa shape index (κ3) is 2.46. The first-order valence-electron chi connectivity index (χ1n) is 3.72. The zero-order chi connectivity index (χ0) is 8.10. The van der Waals surface area contributed by atoms with Crippen LogP contribution in [-0.2, 0) is 6.42 Å². The molecule has 1 N–H and O–H groups in total. The smallest absolute Gasteiger partial charge is 0.0117 e. The molecule has 11 heavy (non-hydrogen) atoms. The highest BCUT2D eigenvalue weighted by Gasteiger charge is 1.91. The van der Waals surface area contributed by atoms with E-state index in [1.165, 1.54) is 5.56 Å². The lowest BCUT2D eigenvalue weighted by molar-refractivity contribution is 0.929. The molecule has 1 nitrogen and oxygen atoms in total. The minimum absolute atomic E-state index is 0.914. The standard InChI is InChI=1S/C10H13N/c1-9(11-2)8-10-6-4-3-5-7-10/h3-7,11H,1,8H2,2H3. The molecular weight excluding hydrogens is 134 g/mol. The van der Waals surface area contributed by atoms with Gasteiger partial charge in [0.1, 0.15) is 0 Å². The molecule has 58 valence electrons. The maximum Gasteiger partial charge on any atom is 0.0117 e. The van der Waals surface area contributed by atoms with E-state index in [1.54, 1.807) is 0 Å². The average Bonchev–Trinajstić information content (AvgIpc) is 2.06. The Hall–Kier alpha value is -1.24. The Kier molecular flexibility index (Phi) is 2.73. The maximum atomic E-state index is 3.86. The van der Waals surface area contributed by atoms with Crippen LogP contribution in [0.5, 0.6) is 0 Å². The molecular formula is C10H13N. The maximum absolute atomic E-state index is 3.86. The van der Waals surface area contributed by atoms with Crippen molar-refractivity contribution in [3.8, 4) is 0 Å². The molecule has 0 fully saturated rings. The third-order valence-electron chi connectivity index (χ3n) is 1.61. The quantitative estimate of drug-likeness (QED) is 0.689. The monoisotopic (exact) mass is 147 g/mol. The molecule has 0 aliphatic carbocycles. The predicted molar refractivity (Wildman–Crippen MR) is 48.3 cm³/mol. The van der Waals surface area contributed by atoms with Crippen LogP contribution in [0.25, 0.3) is 0 Å². The van der Waals surface area contributed by atoms with Gasteiger partial charge in [0, 0.05) is 19.2 Å². The van der Waals surface area contributed by atoms with Crippen molar-refractivity contribution in [2.45, 2.75) is 6.42 Å². The van der Waals surface area contributed by atoms with E-state index < -0.39 is 0 Å². The molecule has 0 aliphatic rings. The van der Waals surface area contributed by atoms with Crippen molar-refractivity contribution in [2.75, 3.05) is 7.05 Å². The summed E-state index contributed by atoms with van der Waals surface area (Å²) in [6.45, 7) is 3.86. The van der Waals surface area contributed by atoms with Crippen LogP contribution in [0, 0.1) is 0 Å². The van der Waals surface area contributed by atoms with Crippen LogP contribution in [0.2, 0.25) is 0 Å². The van der Waals surface area contributed by atoms with Crippen LogP contribution in [0.4, 0.5) is 0 Å². The second kappa shape index (κ2) is 3.81. The second-order valence-corrected chi connectivity index (χ2v) is 2.52. The van der Waals surface area contributed by atoms with Gasteiger partial charge in [-0.3, -0.25) is 0 Å². The minimum Gasteiger partial charge on any atom is -0.392 e. The second-order valence-electron chi connectivity index (χ2n) is 2.52. The van der Waals surface area contributed by atoms with Gasteiger partial charge in [-0.1, -0.05) is 36.9 Å². The largest absolute Gasteiger partial charge is 0.392 e. The van der Waals surface area contributed by atoms with Gasteiger partial charge in [0.2, 0.25) is 0 Å². The van der Waals surface area contributed by atoms with Crippen LogP contribution in [0.15, 0.2) is 42.6 Å². The van der Waals surface area contributed by atoms with Gasteiger partial charge in [-0.15, -0.1) is 0 Å². The first-order valence-corrected chi connectivity index (χ1v) is 3.72. The van der Waals surface area contributed by atoms with Crippen LogP contribution in [0.1, 0.15) is 5.56 Å². The highest BCUT2D eigenvalue weighted by molar-refractivity contribution is 5.19. The number of benzene rings is 1. The average molecular weight is 147 g/mol. The lowest BCUT2D eigenvalue weighted by atomic mass is 10.1. The molecule has 1 heteroatoms. The summed E-state index contributed by atoms with van der Waals surface area (Å²) in [6, 6.07) is 10.3. The molecule has 0 saturated heterocycles. The molecule has 1 aromatic carbocycles. The normalized spacial score (nSPS) is 9.18. The SMILES string of the molecule is C=C(Cc1ccccc1)NC. The number of nitrogens with one attached hydrogen (secondary N) is 1. The topological polar surface area (TPSA) is 12.0 Å². The Morgan fingerprint density at radius 3 is 2.55 bits per heavy atom. The van der Waals surface area contributed by atoms with Gasteiger partial charge >= 0.3 is 0 Å². The van der Waals surface area contributed by atoms with Gasteiger partial charge in [-0.25, -0.2) is 0 Å². The van der Waals surface area contributed by atoms with E-state index in [4.69, 9.17) is 0 Å². The molecule has 0 heterocycles. The summed E-state index contributed by atoms with van der Waals surface area (Å²) in [7, 11) is 1.89. The zero-order valence-corrected chi connectivity index (χ0v) is 6.80. The van der Waals surface area contributed by atoms with Gasteiger partial charge in [-0.2, -0.15) is 0 Å². The summed E-state index contributed by atoms with van der Waals surface area (Å²) in [5.41, 5.74) is 2.35. The van der Waals surface area contributed by atoms with Gasteiger partial charge in [-0.05, 0) is 5.56 Å². The Labute approximate surface area is 67.8 Å². The predicted octanol–water partition coefficient (Wildman–Crippen LogP) is 1.96. The lowest BCUT2D eigenvalue weighted by Gasteiger charge is -2.03. The van der Waals surface area contributed by atoms with E-state index in [2.05, 4.69) is 24.0 Å². The Balaban J connectivity index is 2.58. The Bertz CT molecular complexity index is 226. The summed E-state index contributed by atoms with van der Waals surface area (Å²) in [4.78, 5) is 0. The van der Waals surface area contributed by atoms with Crippen molar-refractivity contribution < 1.29 is 0 Å². The number of hydrogen-bond donors (Lipinski definition) is 1.